The number of hydrogen-bond acceptors (Lipinski definition) is 0. The average molecular weight is 904 g/mol. The number of hydrogen-bond donors (Lipinski definition) is 0. The van der Waals surface area contributed by atoms with Gasteiger partial charge in [-0.3, -0.25) is 0 Å². The number of rotatable bonds is 4. The van der Waals surface area contributed by atoms with Crippen LogP contribution in [0.4, 0.5) is 0 Å². The first kappa shape index (κ1) is 32.5. The van der Waals surface area contributed by atoms with Gasteiger partial charge in [0.15, 0.2) is 0 Å². The number of alkyl halides is 5. The van der Waals surface area contributed by atoms with Crippen LogP contribution < -0.4 is 32.9 Å². The Morgan fingerprint density at radius 3 is 1.24 bits per heavy atom. The van der Waals surface area contributed by atoms with Gasteiger partial charge in [0.2, 0.25) is 0 Å². The smallest absolute Gasteiger partial charge is 0.116 e. The highest BCUT2D eigenvalue weighted by Gasteiger charge is 2.55. The average Bonchev–Trinajstić information content (AvgIpc) is 2.92. The molecule has 0 aliphatic heterocycles. The zero-order chi connectivity index (χ0) is 25.5. The summed E-state index contributed by atoms with van der Waals surface area (Å²) in [5.41, 5.74) is 0.432. The first-order valence-corrected chi connectivity index (χ1v) is 19.1. The fourth-order valence-corrected chi connectivity index (χ4v) is 14.8. The molecule has 1 aliphatic rings. The molecule has 0 saturated heterocycles. The molecule has 3 aromatic carbocycles. The lowest BCUT2D eigenvalue weighted by Crippen LogP contribution is -3.00. The van der Waals surface area contributed by atoms with Gasteiger partial charge < -0.3 is 17.0 Å². The van der Waals surface area contributed by atoms with Crippen LogP contribution in [0.5, 0.6) is 0 Å². The fraction of sp³-hybridized carbons (Fsp3) is 0.400. The monoisotopic (exact) mass is 898 g/mol. The molecule has 3 aromatic rings. The van der Waals surface area contributed by atoms with Gasteiger partial charge in [-0.05, 0) is 68.5 Å². The largest absolute Gasteiger partial charge is 1.00 e. The molecule has 1 fully saturated rings. The number of halogens is 6. The van der Waals surface area contributed by atoms with Crippen LogP contribution in [0, 0.1) is 0 Å². The Labute approximate surface area is 276 Å². The molecule has 0 amide bonds. The van der Waals surface area contributed by atoms with E-state index in [0.717, 1.165) is 19.3 Å². The summed E-state index contributed by atoms with van der Waals surface area (Å²) in [4.78, 5) is 2.19. The zero-order valence-electron chi connectivity index (χ0n) is 20.6. The van der Waals surface area contributed by atoms with Gasteiger partial charge in [-0.25, -0.2) is 0 Å². The van der Waals surface area contributed by atoms with E-state index in [0.29, 0.717) is 29.8 Å². The predicted octanol–water partition coefficient (Wildman–Crippen LogP) is 6.52. The Hall–Kier alpha value is 0.970. The molecule has 0 nitrogen and oxygen atoms in total. The SMILES string of the molecule is BrC1CCCC(Br)C(Br)CC([P+](c2ccccc2)(c2ccccc2)c2ccccc2)C(Br)CCC1Br.[Br-]. The predicted molar refractivity (Wildman–Crippen MR) is 180 cm³/mol. The van der Waals surface area contributed by atoms with Crippen molar-refractivity contribution >= 4 is 103 Å². The van der Waals surface area contributed by atoms with E-state index < -0.39 is 7.26 Å². The molecule has 6 unspecified atom stereocenters. The van der Waals surface area contributed by atoms with Crippen molar-refractivity contribution < 1.29 is 17.0 Å². The topological polar surface area (TPSA) is 0 Å². The Morgan fingerprint density at radius 1 is 0.459 bits per heavy atom. The van der Waals surface area contributed by atoms with Crippen molar-refractivity contribution in [3.63, 3.8) is 0 Å². The van der Waals surface area contributed by atoms with Crippen LogP contribution in [0.25, 0.3) is 0 Å². The van der Waals surface area contributed by atoms with E-state index >= 15 is 0 Å². The molecule has 0 radical (unpaired) electrons. The summed E-state index contributed by atoms with van der Waals surface area (Å²) in [6.45, 7) is 0. The summed E-state index contributed by atoms with van der Waals surface area (Å²) in [7, 11) is -2.01. The van der Waals surface area contributed by atoms with Gasteiger partial charge in [0.05, 0.1) is 10.5 Å². The standard InChI is InChI=1S/C30H33Br5P.BrH/c31-25-17-10-18-26(32)29(35)21-30(28(34)20-19-27(25)33)36(22-11-4-1-5-12-22,23-13-6-2-7-14-23)24-15-8-3-9-16-24;/h1-9,11-16,25-30H,10,17-21H2;1H/q+1;/p-1. The van der Waals surface area contributed by atoms with E-state index in [-0.39, 0.29) is 17.0 Å². The highest BCUT2D eigenvalue weighted by Crippen LogP contribution is 2.64. The van der Waals surface area contributed by atoms with Crippen LogP contribution in [-0.2, 0) is 0 Å². The summed E-state index contributed by atoms with van der Waals surface area (Å²) in [6.07, 6.45) is 6.96. The van der Waals surface area contributed by atoms with Crippen LogP contribution in [0.1, 0.15) is 38.5 Å². The van der Waals surface area contributed by atoms with Crippen LogP contribution in [0.15, 0.2) is 91.0 Å². The van der Waals surface area contributed by atoms with Gasteiger partial charge in [-0.2, -0.15) is 0 Å². The van der Waals surface area contributed by atoms with E-state index in [4.69, 9.17) is 0 Å². The fourth-order valence-electron chi connectivity index (χ4n) is 5.50. The molecule has 0 aromatic heterocycles. The second-order valence-electron chi connectivity index (χ2n) is 9.62. The van der Waals surface area contributed by atoms with E-state index in [1.165, 1.54) is 35.2 Å². The van der Waals surface area contributed by atoms with E-state index in [2.05, 4.69) is 171 Å². The molecule has 1 aliphatic carbocycles. The highest BCUT2D eigenvalue weighted by molar-refractivity contribution is 9.12. The Bertz CT molecular complexity index is 955. The maximum Gasteiger partial charge on any atom is 0.116 e. The van der Waals surface area contributed by atoms with Gasteiger partial charge in [0.25, 0.3) is 0 Å². The normalized spacial score (nSPS) is 27.8. The van der Waals surface area contributed by atoms with E-state index in [1.54, 1.807) is 0 Å². The maximum absolute atomic E-state index is 4.32. The minimum atomic E-state index is -2.01. The highest BCUT2D eigenvalue weighted by atomic mass is 79.9. The molecule has 0 N–H and O–H groups in total. The minimum absolute atomic E-state index is 0. The third-order valence-electron chi connectivity index (χ3n) is 7.33. The molecular formula is C30H33Br6P. The van der Waals surface area contributed by atoms with Crippen molar-refractivity contribution in [2.45, 2.75) is 68.3 Å². The second kappa shape index (κ2) is 15.8. The molecule has 200 valence electrons. The third-order valence-corrected chi connectivity index (χ3v) is 19.5. The van der Waals surface area contributed by atoms with Crippen LogP contribution in [-0.4, -0.2) is 29.8 Å². The summed E-state index contributed by atoms with van der Waals surface area (Å²) in [5, 5.41) is 4.38. The van der Waals surface area contributed by atoms with Crippen molar-refractivity contribution in [1.82, 2.24) is 0 Å². The summed E-state index contributed by atoms with van der Waals surface area (Å²) in [6, 6.07) is 34.0. The molecule has 6 atom stereocenters. The molecule has 4 rings (SSSR count). The van der Waals surface area contributed by atoms with Gasteiger partial charge in [0.1, 0.15) is 23.2 Å². The Balaban J connectivity index is 0.00000380. The summed E-state index contributed by atoms with van der Waals surface area (Å²) >= 11 is 20.6. The zero-order valence-corrected chi connectivity index (χ0v) is 31.0. The van der Waals surface area contributed by atoms with E-state index in [9.17, 15) is 0 Å². The third kappa shape index (κ3) is 7.83. The van der Waals surface area contributed by atoms with Crippen molar-refractivity contribution in [3.8, 4) is 0 Å². The van der Waals surface area contributed by atoms with Gasteiger partial charge >= 0.3 is 0 Å². The lowest BCUT2D eigenvalue weighted by atomic mass is 10.0. The quantitative estimate of drug-likeness (QED) is 0.207. The lowest BCUT2D eigenvalue weighted by Gasteiger charge is -2.39. The molecule has 7 heteroatoms. The van der Waals surface area contributed by atoms with Gasteiger partial charge in [-0.1, -0.05) is 141 Å². The van der Waals surface area contributed by atoms with Gasteiger partial charge in [0, 0.05) is 19.3 Å². The summed E-state index contributed by atoms with van der Waals surface area (Å²) < 4.78 is 0. The summed E-state index contributed by atoms with van der Waals surface area (Å²) in [5.74, 6) is 0. The maximum atomic E-state index is 4.32. The Kier molecular flexibility index (Phi) is 13.9. The van der Waals surface area contributed by atoms with Crippen LogP contribution in [0.3, 0.4) is 0 Å². The van der Waals surface area contributed by atoms with Crippen molar-refractivity contribution in [3.05, 3.63) is 91.0 Å². The van der Waals surface area contributed by atoms with Crippen molar-refractivity contribution in [2.75, 3.05) is 0 Å². The molecular weight excluding hydrogens is 871 g/mol. The molecule has 0 heterocycles. The number of benzene rings is 3. The van der Waals surface area contributed by atoms with Crippen LogP contribution >= 0.6 is 86.9 Å². The first-order chi connectivity index (χ1) is 17.4. The van der Waals surface area contributed by atoms with Crippen molar-refractivity contribution in [1.29, 1.82) is 0 Å². The molecule has 0 bridgehead atoms. The molecule has 0 spiro atoms. The Morgan fingerprint density at radius 2 is 0.811 bits per heavy atom. The molecule has 37 heavy (non-hydrogen) atoms. The van der Waals surface area contributed by atoms with E-state index in [1.807, 2.05) is 0 Å². The second-order valence-corrected chi connectivity index (χ2v) is 19.2. The minimum Gasteiger partial charge on any atom is -1.00 e. The van der Waals surface area contributed by atoms with Gasteiger partial charge in [-0.15, -0.1) is 0 Å². The van der Waals surface area contributed by atoms with Crippen molar-refractivity contribution in [2.24, 2.45) is 0 Å². The first-order valence-electron chi connectivity index (χ1n) is 12.7. The molecule has 1 saturated carbocycles. The lowest BCUT2D eigenvalue weighted by molar-refractivity contribution is -0.00000649. The van der Waals surface area contributed by atoms with Crippen LogP contribution in [0.2, 0.25) is 0 Å².